The van der Waals surface area contributed by atoms with Gasteiger partial charge in [-0.15, -0.1) is 0 Å². The summed E-state index contributed by atoms with van der Waals surface area (Å²) < 4.78 is 33.4. The molecular weight excluding hydrogens is 561 g/mol. The average Bonchev–Trinajstić information content (AvgIpc) is 3.44. The van der Waals surface area contributed by atoms with Crippen LogP contribution in [0.4, 0.5) is 19.0 Å². The van der Waals surface area contributed by atoms with Crippen molar-refractivity contribution in [2.75, 3.05) is 11.9 Å². The van der Waals surface area contributed by atoms with Gasteiger partial charge < -0.3 is 35.6 Å². The normalized spacial score (nSPS) is 21.4. The number of carboxylic acid groups (broad SMARTS) is 1. The Balaban J connectivity index is 0.000000559. The number of fused-ring (bicyclic) bond motifs is 1. The van der Waals surface area contributed by atoms with E-state index in [2.05, 4.69) is 25.6 Å². The molecular formula is C24H28ClF3N6O6. The Hall–Kier alpha value is -3.53. The Bertz CT molecular complexity index is 1310. The predicted octanol–water partition coefficient (Wildman–Crippen LogP) is 1.69. The molecule has 5 atom stereocenters. The number of carboxylic acids is 1. The Kier molecular flexibility index (Phi) is 10.2. The summed E-state index contributed by atoms with van der Waals surface area (Å²) in [6.45, 7) is 1.59. The van der Waals surface area contributed by atoms with Gasteiger partial charge in [0.05, 0.1) is 31.1 Å². The van der Waals surface area contributed by atoms with Crippen LogP contribution in [0.2, 0.25) is 5.28 Å². The van der Waals surface area contributed by atoms with E-state index in [1.165, 1.54) is 6.33 Å². The molecule has 1 aromatic carbocycles. The van der Waals surface area contributed by atoms with Crippen LogP contribution < -0.4 is 10.6 Å². The van der Waals surface area contributed by atoms with E-state index in [9.17, 15) is 33.3 Å². The van der Waals surface area contributed by atoms with Gasteiger partial charge in [0.15, 0.2) is 17.0 Å². The number of anilines is 1. The fourth-order valence-electron chi connectivity index (χ4n) is 4.22. The van der Waals surface area contributed by atoms with Crippen molar-refractivity contribution in [1.29, 1.82) is 0 Å². The highest BCUT2D eigenvalue weighted by molar-refractivity contribution is 6.28. The van der Waals surface area contributed by atoms with Crippen molar-refractivity contribution in [1.82, 2.24) is 24.8 Å². The number of nitrogens with one attached hydrogen (secondary N) is 2. The molecule has 4 rings (SSSR count). The van der Waals surface area contributed by atoms with Crippen LogP contribution in [0.1, 0.15) is 31.4 Å². The lowest BCUT2D eigenvalue weighted by atomic mass is 10.1. The molecule has 1 saturated carbocycles. The molecule has 1 fully saturated rings. The van der Waals surface area contributed by atoms with E-state index in [-0.39, 0.29) is 30.3 Å². The van der Waals surface area contributed by atoms with Gasteiger partial charge in [-0.05, 0) is 30.0 Å². The van der Waals surface area contributed by atoms with Crippen molar-refractivity contribution in [2.24, 2.45) is 0 Å². The Morgan fingerprint density at radius 1 is 1.18 bits per heavy atom. The van der Waals surface area contributed by atoms with Gasteiger partial charge in [0, 0.05) is 6.42 Å². The molecule has 2 aromatic heterocycles. The number of aromatic nitrogens is 4. The lowest BCUT2D eigenvalue weighted by Gasteiger charge is -2.19. The van der Waals surface area contributed by atoms with Crippen molar-refractivity contribution in [3.05, 3.63) is 47.5 Å². The van der Waals surface area contributed by atoms with Crippen LogP contribution in [0.25, 0.3) is 11.2 Å². The zero-order valence-electron chi connectivity index (χ0n) is 21.1. The number of aliphatic carboxylic acids is 1. The van der Waals surface area contributed by atoms with Crippen molar-refractivity contribution in [3.63, 3.8) is 0 Å². The van der Waals surface area contributed by atoms with Crippen LogP contribution in [0.15, 0.2) is 36.7 Å². The molecule has 40 heavy (non-hydrogen) atoms. The number of carbonyl (C=O) groups excluding carboxylic acids is 1. The maximum Gasteiger partial charge on any atom is 0.490 e. The second-order valence-electron chi connectivity index (χ2n) is 8.99. The number of hydrogen-bond acceptors (Lipinski definition) is 9. The topological polar surface area (TPSA) is 183 Å². The summed E-state index contributed by atoms with van der Waals surface area (Å²) in [5.41, 5.74) is 1.86. The minimum Gasteiger partial charge on any atom is -0.475 e. The van der Waals surface area contributed by atoms with Gasteiger partial charge in [0.1, 0.15) is 12.2 Å². The maximum atomic E-state index is 11.8. The smallest absolute Gasteiger partial charge is 0.475 e. The molecule has 218 valence electrons. The molecule has 1 amide bonds. The summed E-state index contributed by atoms with van der Waals surface area (Å²) in [7, 11) is 0. The standard InChI is InChI=1S/C22H27ClN6O4.C2HF3O2/c1-2-16(31)26-14-9-15(19(33)18(14)32)29-11-24-17-20(27-22(23)28-21(17)29)25-13(10-30)8-12-6-4-3-5-7-12;3-2(4,5)1(6)7/h3-7,11,13-15,18-19,30,32-33H,2,8-10H2,1H3,(H,26,31)(H,25,27,28);(H,6,7)/t13-,14-,15+,18+,19-;/m0./s1. The van der Waals surface area contributed by atoms with E-state index in [0.29, 0.717) is 29.8 Å². The van der Waals surface area contributed by atoms with Gasteiger partial charge in [-0.2, -0.15) is 23.1 Å². The molecule has 0 saturated heterocycles. The maximum absolute atomic E-state index is 11.8. The van der Waals surface area contributed by atoms with Gasteiger partial charge in [-0.3, -0.25) is 4.79 Å². The minimum atomic E-state index is -5.08. The number of nitrogens with zero attached hydrogens (tertiary/aromatic N) is 4. The average molecular weight is 589 g/mol. The van der Waals surface area contributed by atoms with Crippen LogP contribution in [-0.2, 0) is 16.0 Å². The van der Waals surface area contributed by atoms with Crippen molar-refractivity contribution in [3.8, 4) is 0 Å². The first-order valence-electron chi connectivity index (χ1n) is 12.1. The number of benzene rings is 1. The van der Waals surface area contributed by atoms with Crippen molar-refractivity contribution < 1.29 is 43.2 Å². The molecule has 1 aliphatic carbocycles. The predicted molar refractivity (Wildman–Crippen MR) is 137 cm³/mol. The van der Waals surface area contributed by atoms with E-state index in [4.69, 9.17) is 21.5 Å². The highest BCUT2D eigenvalue weighted by Crippen LogP contribution is 2.34. The third-order valence-corrected chi connectivity index (χ3v) is 6.37. The third-order valence-electron chi connectivity index (χ3n) is 6.20. The Morgan fingerprint density at radius 2 is 1.82 bits per heavy atom. The van der Waals surface area contributed by atoms with Crippen LogP contribution in [0.3, 0.4) is 0 Å². The lowest BCUT2D eigenvalue weighted by Crippen LogP contribution is -2.42. The van der Waals surface area contributed by atoms with E-state index in [0.717, 1.165) is 5.56 Å². The molecule has 0 radical (unpaired) electrons. The Morgan fingerprint density at radius 3 is 2.40 bits per heavy atom. The summed E-state index contributed by atoms with van der Waals surface area (Å²) in [6.07, 6.45) is -4.67. The molecule has 0 unspecified atom stereocenters. The second-order valence-corrected chi connectivity index (χ2v) is 9.33. The molecule has 0 aliphatic heterocycles. The third kappa shape index (κ3) is 7.56. The number of carbonyl (C=O) groups is 2. The minimum absolute atomic E-state index is 0.0213. The van der Waals surface area contributed by atoms with E-state index in [1.54, 1.807) is 11.5 Å². The summed E-state index contributed by atoms with van der Waals surface area (Å²) in [5, 5.41) is 44.0. The molecule has 0 spiro atoms. The summed E-state index contributed by atoms with van der Waals surface area (Å²) >= 11 is 6.19. The number of amides is 1. The van der Waals surface area contributed by atoms with Gasteiger partial charge >= 0.3 is 12.1 Å². The highest BCUT2D eigenvalue weighted by atomic mass is 35.5. The first kappa shape index (κ1) is 31.0. The fraction of sp³-hybridized carbons (Fsp3) is 0.458. The summed E-state index contributed by atoms with van der Waals surface area (Å²) in [6, 6.07) is 8.26. The largest absolute Gasteiger partial charge is 0.490 e. The molecule has 0 bridgehead atoms. The van der Waals surface area contributed by atoms with E-state index < -0.39 is 36.4 Å². The first-order chi connectivity index (χ1) is 18.8. The number of rotatable bonds is 8. The van der Waals surface area contributed by atoms with Gasteiger partial charge in [0.25, 0.3) is 0 Å². The van der Waals surface area contributed by atoms with Gasteiger partial charge in [0.2, 0.25) is 11.2 Å². The van der Waals surface area contributed by atoms with Gasteiger partial charge in [-0.1, -0.05) is 37.3 Å². The van der Waals surface area contributed by atoms with E-state index >= 15 is 0 Å². The molecule has 16 heteroatoms. The first-order valence-corrected chi connectivity index (χ1v) is 12.5. The quantitative estimate of drug-likeness (QED) is 0.212. The lowest BCUT2D eigenvalue weighted by molar-refractivity contribution is -0.192. The number of imidazole rings is 1. The zero-order chi connectivity index (χ0) is 29.6. The number of aliphatic hydroxyl groups excluding tert-OH is 3. The molecule has 6 N–H and O–H groups in total. The van der Waals surface area contributed by atoms with Crippen LogP contribution >= 0.6 is 11.6 Å². The van der Waals surface area contributed by atoms with Crippen LogP contribution in [-0.4, -0.2) is 88.9 Å². The fourth-order valence-corrected chi connectivity index (χ4v) is 4.39. The second kappa shape index (κ2) is 13.2. The SMILES string of the molecule is CCC(=O)N[C@H]1C[C@@H](n2cnc3c(N[C@H](CO)Cc4ccccc4)nc(Cl)nc32)[C@H](O)[C@@H]1O.O=C(O)C(F)(F)F. The number of hydrogen-bond donors (Lipinski definition) is 6. The van der Waals surface area contributed by atoms with Crippen molar-refractivity contribution >= 4 is 40.5 Å². The molecule has 2 heterocycles. The zero-order valence-corrected chi connectivity index (χ0v) is 21.8. The van der Waals surface area contributed by atoms with Gasteiger partial charge in [-0.25, -0.2) is 9.78 Å². The highest BCUT2D eigenvalue weighted by Gasteiger charge is 2.43. The van der Waals surface area contributed by atoms with E-state index in [1.807, 2.05) is 30.3 Å². The molecule has 3 aromatic rings. The number of alkyl halides is 3. The molecule has 12 nitrogen and oxygen atoms in total. The summed E-state index contributed by atoms with van der Waals surface area (Å²) in [4.78, 5) is 33.6. The van der Waals surface area contributed by atoms with Crippen LogP contribution in [0.5, 0.6) is 0 Å². The molecule has 1 aliphatic rings. The number of aliphatic hydroxyl groups is 3. The summed E-state index contributed by atoms with van der Waals surface area (Å²) in [5.74, 6) is -2.59. The Labute approximate surface area is 230 Å². The van der Waals surface area contributed by atoms with Crippen LogP contribution in [0, 0.1) is 0 Å². The number of halogens is 4. The van der Waals surface area contributed by atoms with Crippen molar-refractivity contribution in [2.45, 2.75) is 62.7 Å². The monoisotopic (exact) mass is 588 g/mol.